The number of nitrogens with zero attached hydrogens (tertiary/aromatic N) is 1. The first-order valence-electron chi connectivity index (χ1n) is 9.19. The third-order valence-electron chi connectivity index (χ3n) is 4.32. The molecule has 0 aliphatic rings. The van der Waals surface area contributed by atoms with Crippen molar-refractivity contribution in [3.8, 4) is 22.5 Å². The molecule has 0 unspecified atom stereocenters. The highest BCUT2D eigenvalue weighted by atomic mass is 32.2. The fourth-order valence-electron chi connectivity index (χ4n) is 2.75. The first kappa shape index (κ1) is 20.2. The quantitative estimate of drug-likeness (QED) is 0.443. The molecule has 1 amide bonds. The van der Waals surface area contributed by atoms with Crippen molar-refractivity contribution in [2.75, 3.05) is 26.0 Å². The highest BCUT2D eigenvalue weighted by Crippen LogP contribution is 2.33. The van der Waals surface area contributed by atoms with Gasteiger partial charge in [0.1, 0.15) is 0 Å². The van der Waals surface area contributed by atoms with Gasteiger partial charge in [-0.3, -0.25) is 4.79 Å². The molecule has 1 heterocycles. The van der Waals surface area contributed by atoms with Gasteiger partial charge in [0.2, 0.25) is 5.91 Å². The van der Waals surface area contributed by atoms with Crippen LogP contribution >= 0.6 is 11.8 Å². The van der Waals surface area contributed by atoms with Gasteiger partial charge in [0.15, 0.2) is 5.16 Å². The highest BCUT2D eigenvalue weighted by Gasteiger charge is 2.15. The molecule has 3 rings (SSSR count). The van der Waals surface area contributed by atoms with Crippen molar-refractivity contribution in [2.45, 2.75) is 19.0 Å². The van der Waals surface area contributed by atoms with Crippen molar-refractivity contribution in [1.82, 2.24) is 15.3 Å². The van der Waals surface area contributed by atoms with Crippen LogP contribution in [0.1, 0.15) is 11.1 Å². The Kier molecular flexibility index (Phi) is 6.90. The van der Waals surface area contributed by atoms with Crippen LogP contribution in [-0.4, -0.2) is 41.9 Å². The second-order valence-corrected chi connectivity index (χ2v) is 7.59. The van der Waals surface area contributed by atoms with Crippen molar-refractivity contribution in [3.63, 3.8) is 0 Å². The number of hydrogen-bond donors (Lipinski definition) is 2. The molecular formula is C22H25N3O2S. The summed E-state index contributed by atoms with van der Waals surface area (Å²) in [6.07, 6.45) is 0. The van der Waals surface area contributed by atoms with Gasteiger partial charge in [-0.05, 0) is 13.8 Å². The Morgan fingerprint density at radius 3 is 2.25 bits per heavy atom. The minimum Gasteiger partial charge on any atom is -0.383 e. The molecule has 0 saturated carbocycles. The van der Waals surface area contributed by atoms with E-state index >= 15 is 0 Å². The maximum Gasteiger partial charge on any atom is 0.230 e. The number of rotatable bonds is 8. The van der Waals surface area contributed by atoms with Crippen LogP contribution in [0.3, 0.4) is 0 Å². The molecule has 0 saturated heterocycles. The molecule has 0 aliphatic heterocycles. The molecule has 0 bridgehead atoms. The Hall–Kier alpha value is -2.57. The molecular weight excluding hydrogens is 370 g/mol. The predicted octanol–water partition coefficient (Wildman–Crippen LogP) is 4.22. The van der Waals surface area contributed by atoms with Crippen LogP contribution in [0.5, 0.6) is 0 Å². The van der Waals surface area contributed by atoms with Gasteiger partial charge in [0.25, 0.3) is 0 Å². The lowest BCUT2D eigenvalue weighted by molar-refractivity contribution is -0.118. The smallest absolute Gasteiger partial charge is 0.230 e. The number of thioether (sulfide) groups is 1. The maximum absolute atomic E-state index is 12.0. The summed E-state index contributed by atoms with van der Waals surface area (Å²) in [5, 5.41) is 3.55. The number of imidazole rings is 1. The van der Waals surface area contributed by atoms with Crippen LogP contribution in [0.25, 0.3) is 22.5 Å². The predicted molar refractivity (Wildman–Crippen MR) is 115 cm³/mol. The summed E-state index contributed by atoms with van der Waals surface area (Å²) in [7, 11) is 1.61. The maximum atomic E-state index is 12.0. The van der Waals surface area contributed by atoms with Gasteiger partial charge in [-0.2, -0.15) is 0 Å². The standard InChI is InChI=1S/C22H25N3O2S/c1-15-4-8-17(9-5-15)20-21(18-10-6-16(2)7-11-18)25-22(24-20)28-14-19(26)23-12-13-27-3/h4-11H,12-14H2,1-3H3,(H,23,26)(H,24,25). The van der Waals surface area contributed by atoms with E-state index in [-0.39, 0.29) is 5.91 Å². The molecule has 3 aromatic rings. The van der Waals surface area contributed by atoms with E-state index in [0.29, 0.717) is 18.9 Å². The first-order chi connectivity index (χ1) is 13.6. The largest absolute Gasteiger partial charge is 0.383 e. The van der Waals surface area contributed by atoms with Crippen molar-refractivity contribution in [2.24, 2.45) is 0 Å². The SMILES string of the molecule is COCCNC(=O)CSc1nc(-c2ccc(C)cc2)c(-c2ccc(C)cc2)[nH]1. The molecule has 0 atom stereocenters. The molecule has 28 heavy (non-hydrogen) atoms. The second kappa shape index (κ2) is 9.57. The molecule has 0 radical (unpaired) electrons. The molecule has 6 heteroatoms. The van der Waals surface area contributed by atoms with Gasteiger partial charge in [0.05, 0.1) is 23.7 Å². The van der Waals surface area contributed by atoms with Crippen LogP contribution in [-0.2, 0) is 9.53 Å². The van der Waals surface area contributed by atoms with Crippen LogP contribution in [0, 0.1) is 13.8 Å². The van der Waals surface area contributed by atoms with E-state index in [4.69, 9.17) is 9.72 Å². The molecule has 2 aromatic carbocycles. The van der Waals surface area contributed by atoms with Gasteiger partial charge in [-0.15, -0.1) is 0 Å². The Labute approximate surface area is 169 Å². The summed E-state index contributed by atoms with van der Waals surface area (Å²) in [5.41, 5.74) is 6.40. The van der Waals surface area contributed by atoms with Gasteiger partial charge in [-0.25, -0.2) is 4.98 Å². The molecule has 146 valence electrons. The number of methoxy groups -OCH3 is 1. The molecule has 2 N–H and O–H groups in total. The summed E-state index contributed by atoms with van der Waals surface area (Å²) in [6, 6.07) is 16.7. The van der Waals surface area contributed by atoms with Crippen molar-refractivity contribution < 1.29 is 9.53 Å². The molecule has 1 aromatic heterocycles. The molecule has 5 nitrogen and oxygen atoms in total. The van der Waals surface area contributed by atoms with E-state index in [2.05, 4.69) is 72.7 Å². The highest BCUT2D eigenvalue weighted by molar-refractivity contribution is 7.99. The Bertz CT molecular complexity index is 855. The number of nitrogens with one attached hydrogen (secondary N) is 2. The van der Waals surface area contributed by atoms with Crippen molar-refractivity contribution in [3.05, 3.63) is 59.7 Å². The van der Waals surface area contributed by atoms with Crippen LogP contribution in [0.4, 0.5) is 0 Å². The normalized spacial score (nSPS) is 10.8. The van der Waals surface area contributed by atoms with Crippen molar-refractivity contribution >= 4 is 17.7 Å². The number of carbonyl (C=O) groups excluding carboxylic acids is 1. The van der Waals surface area contributed by atoms with E-state index in [1.807, 2.05) is 0 Å². The fourth-order valence-corrected chi connectivity index (χ4v) is 3.45. The number of benzene rings is 2. The number of carbonyl (C=O) groups is 1. The number of aryl methyl sites for hydroxylation is 2. The minimum atomic E-state index is -0.0350. The lowest BCUT2D eigenvalue weighted by Gasteiger charge is -2.04. The zero-order valence-electron chi connectivity index (χ0n) is 16.4. The molecule has 0 spiro atoms. The Morgan fingerprint density at radius 1 is 1.04 bits per heavy atom. The van der Waals surface area contributed by atoms with Gasteiger partial charge < -0.3 is 15.0 Å². The minimum absolute atomic E-state index is 0.0350. The summed E-state index contributed by atoms with van der Waals surface area (Å²) in [6.45, 7) is 5.16. The first-order valence-corrected chi connectivity index (χ1v) is 10.2. The van der Waals surface area contributed by atoms with Crippen molar-refractivity contribution in [1.29, 1.82) is 0 Å². The van der Waals surface area contributed by atoms with Gasteiger partial charge in [0, 0.05) is 24.8 Å². The Balaban J connectivity index is 1.84. The van der Waals surface area contributed by atoms with E-state index < -0.39 is 0 Å². The monoisotopic (exact) mass is 395 g/mol. The second-order valence-electron chi connectivity index (χ2n) is 6.63. The van der Waals surface area contributed by atoms with E-state index in [1.54, 1.807) is 7.11 Å². The van der Waals surface area contributed by atoms with Gasteiger partial charge >= 0.3 is 0 Å². The third kappa shape index (κ3) is 5.24. The zero-order valence-corrected chi connectivity index (χ0v) is 17.2. The summed E-state index contributed by atoms with van der Waals surface area (Å²) in [5.74, 6) is 0.268. The average molecular weight is 396 g/mol. The van der Waals surface area contributed by atoms with Gasteiger partial charge in [-0.1, -0.05) is 71.4 Å². The summed E-state index contributed by atoms with van der Waals surface area (Å²) < 4.78 is 4.95. The van der Waals surface area contributed by atoms with Crippen LogP contribution in [0.2, 0.25) is 0 Å². The zero-order chi connectivity index (χ0) is 19.9. The topological polar surface area (TPSA) is 67.0 Å². The number of aromatic nitrogens is 2. The van der Waals surface area contributed by atoms with E-state index in [1.165, 1.54) is 22.9 Å². The average Bonchev–Trinajstić information content (AvgIpc) is 3.12. The summed E-state index contributed by atoms with van der Waals surface area (Å²) in [4.78, 5) is 20.1. The van der Waals surface area contributed by atoms with Crippen LogP contribution < -0.4 is 5.32 Å². The lowest BCUT2D eigenvalue weighted by Crippen LogP contribution is -2.28. The third-order valence-corrected chi connectivity index (χ3v) is 5.19. The molecule has 0 aliphatic carbocycles. The lowest BCUT2D eigenvalue weighted by atomic mass is 10.0. The van der Waals surface area contributed by atoms with E-state index in [0.717, 1.165) is 27.7 Å². The number of hydrogen-bond acceptors (Lipinski definition) is 4. The Morgan fingerprint density at radius 2 is 1.64 bits per heavy atom. The van der Waals surface area contributed by atoms with E-state index in [9.17, 15) is 4.79 Å². The number of aromatic amines is 1. The summed E-state index contributed by atoms with van der Waals surface area (Å²) >= 11 is 1.40. The molecule has 0 fully saturated rings. The fraction of sp³-hybridized carbons (Fsp3) is 0.273. The number of H-pyrrole nitrogens is 1. The number of amides is 1. The van der Waals surface area contributed by atoms with Crippen LogP contribution in [0.15, 0.2) is 53.7 Å². The number of ether oxygens (including phenoxy) is 1.